The molecule has 1 saturated heterocycles. The molecular weight excluding hydrogens is 343 g/mol. The number of likely N-dealkylation sites (tertiary alicyclic amines) is 1. The molecule has 0 bridgehead atoms. The second-order valence-corrected chi connectivity index (χ2v) is 7.65. The molecule has 1 aliphatic carbocycles. The van der Waals surface area contributed by atoms with E-state index in [1.807, 2.05) is 4.90 Å². The summed E-state index contributed by atoms with van der Waals surface area (Å²) in [5.41, 5.74) is 0.620. The van der Waals surface area contributed by atoms with Crippen LogP contribution in [0.3, 0.4) is 0 Å². The first-order chi connectivity index (χ1) is 11.9. The van der Waals surface area contributed by atoms with Gasteiger partial charge in [0.1, 0.15) is 5.82 Å². The zero-order valence-electron chi connectivity index (χ0n) is 14.5. The van der Waals surface area contributed by atoms with Gasteiger partial charge in [0, 0.05) is 43.5 Å². The number of likely N-dealkylation sites (N-methyl/N-ethyl adjacent to an activating group) is 1. The van der Waals surface area contributed by atoms with Gasteiger partial charge in [-0.05, 0) is 30.5 Å². The van der Waals surface area contributed by atoms with Crippen LogP contribution in [0.4, 0.5) is 4.39 Å². The molecule has 0 N–H and O–H groups in total. The molecule has 136 valence electrons. The molecule has 1 aliphatic heterocycles. The third-order valence-electron chi connectivity index (χ3n) is 5.32. The van der Waals surface area contributed by atoms with Crippen LogP contribution in [0.5, 0.6) is 0 Å². The summed E-state index contributed by atoms with van der Waals surface area (Å²) >= 11 is 6.00. The average Bonchev–Trinajstić information content (AvgIpc) is 3.19. The first kappa shape index (κ1) is 18.2. The molecule has 0 aromatic heterocycles. The topological polar surface area (TPSA) is 40.6 Å². The summed E-state index contributed by atoms with van der Waals surface area (Å²) in [7, 11) is 1.75. The van der Waals surface area contributed by atoms with Crippen molar-refractivity contribution in [1.29, 1.82) is 0 Å². The van der Waals surface area contributed by atoms with Gasteiger partial charge >= 0.3 is 0 Å². The van der Waals surface area contributed by atoms with E-state index >= 15 is 0 Å². The van der Waals surface area contributed by atoms with E-state index in [-0.39, 0.29) is 29.2 Å². The van der Waals surface area contributed by atoms with Gasteiger partial charge in [0.15, 0.2) is 0 Å². The predicted octanol–water partition coefficient (Wildman–Crippen LogP) is 3.27. The molecule has 6 heteroatoms. The van der Waals surface area contributed by atoms with Gasteiger partial charge in [-0.25, -0.2) is 4.39 Å². The minimum atomic E-state index is -0.411. The molecule has 25 heavy (non-hydrogen) atoms. The first-order valence-electron chi connectivity index (χ1n) is 8.91. The molecule has 1 unspecified atom stereocenters. The van der Waals surface area contributed by atoms with Gasteiger partial charge in [0.2, 0.25) is 11.8 Å². The Morgan fingerprint density at radius 1 is 1.36 bits per heavy atom. The Bertz CT molecular complexity index is 661. The highest BCUT2D eigenvalue weighted by Gasteiger charge is 2.36. The molecule has 0 spiro atoms. The third-order valence-corrected chi connectivity index (χ3v) is 5.67. The molecule has 0 radical (unpaired) electrons. The van der Waals surface area contributed by atoms with Crippen molar-refractivity contribution in [3.8, 4) is 0 Å². The highest BCUT2D eigenvalue weighted by atomic mass is 35.5. The smallest absolute Gasteiger partial charge is 0.226 e. The molecule has 2 fully saturated rings. The van der Waals surface area contributed by atoms with Crippen molar-refractivity contribution in [3.63, 3.8) is 0 Å². The largest absolute Gasteiger partial charge is 0.345 e. The number of amides is 2. The minimum absolute atomic E-state index is 0.0692. The molecule has 3 rings (SSSR count). The van der Waals surface area contributed by atoms with Gasteiger partial charge in [-0.2, -0.15) is 0 Å². The van der Waals surface area contributed by atoms with Crippen molar-refractivity contribution in [2.24, 2.45) is 5.92 Å². The number of carbonyl (C=O) groups excluding carboxylic acids is 2. The Balaban J connectivity index is 1.54. The van der Waals surface area contributed by atoms with Crippen LogP contribution in [0.2, 0.25) is 5.02 Å². The molecule has 1 aromatic carbocycles. The van der Waals surface area contributed by atoms with E-state index < -0.39 is 5.82 Å². The average molecular weight is 367 g/mol. The monoisotopic (exact) mass is 366 g/mol. The van der Waals surface area contributed by atoms with Crippen molar-refractivity contribution in [2.45, 2.75) is 44.6 Å². The van der Waals surface area contributed by atoms with E-state index in [0.29, 0.717) is 24.6 Å². The van der Waals surface area contributed by atoms with E-state index in [4.69, 9.17) is 11.6 Å². The number of hydrogen-bond acceptors (Lipinski definition) is 2. The highest BCUT2D eigenvalue weighted by molar-refractivity contribution is 6.31. The maximum absolute atomic E-state index is 13.1. The Morgan fingerprint density at radius 2 is 2.08 bits per heavy atom. The number of carbonyl (C=O) groups is 2. The molecule has 1 saturated carbocycles. The summed E-state index contributed by atoms with van der Waals surface area (Å²) in [6, 6.07) is 4.48. The summed E-state index contributed by atoms with van der Waals surface area (Å²) in [6.07, 6.45) is 5.28. The van der Waals surface area contributed by atoms with Crippen molar-refractivity contribution >= 4 is 23.4 Å². The second kappa shape index (κ2) is 7.73. The van der Waals surface area contributed by atoms with Crippen LogP contribution in [0.15, 0.2) is 18.2 Å². The second-order valence-electron chi connectivity index (χ2n) is 7.24. The van der Waals surface area contributed by atoms with Gasteiger partial charge in [0.05, 0.1) is 6.42 Å². The SMILES string of the molecule is CN(CC1CC(=O)N(C2CCCC2)C1)C(=O)Cc1ccc(F)cc1Cl. The normalized spacial score (nSPS) is 21.2. The molecule has 1 atom stereocenters. The quantitative estimate of drug-likeness (QED) is 0.802. The predicted molar refractivity (Wildman–Crippen MR) is 94.8 cm³/mol. The molecule has 1 aromatic rings. The number of benzene rings is 1. The van der Waals surface area contributed by atoms with Crippen molar-refractivity contribution < 1.29 is 14.0 Å². The lowest BCUT2D eigenvalue weighted by atomic mass is 10.1. The lowest BCUT2D eigenvalue weighted by Gasteiger charge is -2.25. The van der Waals surface area contributed by atoms with Crippen LogP contribution in [0.1, 0.15) is 37.7 Å². The maximum Gasteiger partial charge on any atom is 0.226 e. The molecule has 2 amide bonds. The summed E-state index contributed by atoms with van der Waals surface area (Å²) < 4.78 is 13.1. The fourth-order valence-corrected chi connectivity index (χ4v) is 4.19. The minimum Gasteiger partial charge on any atom is -0.345 e. The Kier molecular flexibility index (Phi) is 5.62. The van der Waals surface area contributed by atoms with Crippen LogP contribution in [0.25, 0.3) is 0 Å². The number of nitrogens with zero attached hydrogens (tertiary/aromatic N) is 2. The Labute approximate surface area is 152 Å². The highest BCUT2D eigenvalue weighted by Crippen LogP contribution is 2.29. The van der Waals surface area contributed by atoms with Crippen LogP contribution in [-0.4, -0.2) is 47.8 Å². The fraction of sp³-hybridized carbons (Fsp3) is 0.579. The van der Waals surface area contributed by atoms with Gasteiger partial charge < -0.3 is 9.80 Å². The molecule has 1 heterocycles. The molecule has 2 aliphatic rings. The van der Waals surface area contributed by atoms with E-state index in [9.17, 15) is 14.0 Å². The van der Waals surface area contributed by atoms with Crippen molar-refractivity contribution in [1.82, 2.24) is 9.80 Å². The number of hydrogen-bond donors (Lipinski definition) is 0. The van der Waals surface area contributed by atoms with Crippen molar-refractivity contribution in [3.05, 3.63) is 34.6 Å². The zero-order valence-corrected chi connectivity index (χ0v) is 15.3. The van der Waals surface area contributed by atoms with E-state index in [1.165, 1.54) is 25.0 Å². The summed E-state index contributed by atoms with van der Waals surface area (Å²) in [6.45, 7) is 1.31. The Hall–Kier alpha value is -1.62. The molecular formula is C19H24ClFN2O2. The summed E-state index contributed by atoms with van der Waals surface area (Å²) in [4.78, 5) is 28.4. The maximum atomic E-state index is 13.1. The first-order valence-corrected chi connectivity index (χ1v) is 9.29. The van der Waals surface area contributed by atoms with Crippen LogP contribution in [0, 0.1) is 11.7 Å². The van der Waals surface area contributed by atoms with Gasteiger partial charge in [-0.3, -0.25) is 9.59 Å². The van der Waals surface area contributed by atoms with Crippen molar-refractivity contribution in [2.75, 3.05) is 20.1 Å². The summed E-state index contributed by atoms with van der Waals surface area (Å²) in [5.74, 6) is -0.0728. The lowest BCUT2D eigenvalue weighted by Crippen LogP contribution is -2.37. The lowest BCUT2D eigenvalue weighted by molar-refractivity contribution is -0.130. The van der Waals surface area contributed by atoms with Crippen LogP contribution in [-0.2, 0) is 16.0 Å². The van der Waals surface area contributed by atoms with Crippen LogP contribution >= 0.6 is 11.6 Å². The van der Waals surface area contributed by atoms with E-state index in [2.05, 4.69) is 0 Å². The summed E-state index contributed by atoms with van der Waals surface area (Å²) in [5, 5.41) is 0.269. The van der Waals surface area contributed by atoms with E-state index in [0.717, 1.165) is 19.4 Å². The van der Waals surface area contributed by atoms with Crippen LogP contribution < -0.4 is 0 Å². The number of halogens is 2. The standard InChI is InChI=1S/C19H24ClFN2O2/c1-22(18(24)9-14-6-7-15(21)10-17(14)20)11-13-8-19(25)23(12-13)16-4-2-3-5-16/h6-7,10,13,16H,2-5,8-9,11-12H2,1H3. The van der Waals surface area contributed by atoms with Gasteiger partial charge in [-0.1, -0.05) is 30.5 Å². The van der Waals surface area contributed by atoms with Gasteiger partial charge in [-0.15, -0.1) is 0 Å². The third kappa shape index (κ3) is 4.32. The van der Waals surface area contributed by atoms with E-state index in [1.54, 1.807) is 18.0 Å². The number of rotatable bonds is 5. The Morgan fingerprint density at radius 3 is 2.76 bits per heavy atom. The zero-order chi connectivity index (χ0) is 18.0. The fourth-order valence-electron chi connectivity index (χ4n) is 3.95. The van der Waals surface area contributed by atoms with Gasteiger partial charge in [0.25, 0.3) is 0 Å². The molecule has 4 nitrogen and oxygen atoms in total.